The number of carbonyl (C=O) groups excluding carboxylic acids is 3. The van der Waals surface area contributed by atoms with Gasteiger partial charge in [-0.25, -0.2) is 14.8 Å². The minimum Gasteiger partial charge on any atom is -0.497 e. The first-order chi connectivity index (χ1) is 19.9. The van der Waals surface area contributed by atoms with Gasteiger partial charge in [0.1, 0.15) is 18.0 Å². The summed E-state index contributed by atoms with van der Waals surface area (Å²) in [5.41, 5.74) is 3.02. The van der Waals surface area contributed by atoms with E-state index in [-0.39, 0.29) is 36.9 Å². The van der Waals surface area contributed by atoms with Gasteiger partial charge in [-0.2, -0.15) is 0 Å². The van der Waals surface area contributed by atoms with Crippen LogP contribution in [0.2, 0.25) is 0 Å². The molecule has 2 aliphatic rings. The highest BCUT2D eigenvalue weighted by molar-refractivity contribution is 5.91. The number of urea groups is 1. The normalized spacial score (nSPS) is 20.0. The number of nitrogens with zero attached hydrogens (tertiary/aromatic N) is 4. The van der Waals surface area contributed by atoms with Crippen LogP contribution >= 0.6 is 0 Å². The topological polar surface area (TPSA) is 85.4 Å². The summed E-state index contributed by atoms with van der Waals surface area (Å²) in [5.74, 6) is 0.565. The summed E-state index contributed by atoms with van der Waals surface area (Å²) in [7, 11) is 3.35. The van der Waals surface area contributed by atoms with E-state index in [1.807, 2.05) is 77.7 Å². The molecule has 9 nitrogen and oxygen atoms in total. The second-order valence-corrected chi connectivity index (χ2v) is 10.7. The van der Waals surface area contributed by atoms with Gasteiger partial charge in [-0.05, 0) is 34.7 Å². The molecule has 1 unspecified atom stereocenters. The zero-order valence-corrected chi connectivity index (χ0v) is 23.8. The Hall–Kier alpha value is -4.37. The van der Waals surface area contributed by atoms with Crippen molar-refractivity contribution < 1.29 is 19.1 Å². The lowest BCUT2D eigenvalue weighted by molar-refractivity contribution is -0.187. The van der Waals surface area contributed by atoms with E-state index in [0.717, 1.165) is 22.4 Å². The number of hydrogen-bond donors (Lipinski definition) is 1. The second kappa shape index (κ2) is 12.4. The Morgan fingerprint density at radius 2 is 1.61 bits per heavy atom. The number of hydrogen-bond acceptors (Lipinski definition) is 5. The number of likely N-dealkylation sites (N-methyl/N-ethyl adjacent to an activating group) is 1. The van der Waals surface area contributed by atoms with Crippen molar-refractivity contribution in [2.45, 2.75) is 38.0 Å². The molecule has 2 aliphatic heterocycles. The number of nitrogens with one attached hydrogen (secondary N) is 1. The third-order valence-corrected chi connectivity index (χ3v) is 7.89. The number of amides is 4. The van der Waals surface area contributed by atoms with Gasteiger partial charge in [0.05, 0.1) is 20.2 Å². The van der Waals surface area contributed by atoms with Crippen LogP contribution in [0.1, 0.15) is 29.5 Å². The molecule has 0 saturated carbocycles. The van der Waals surface area contributed by atoms with Crippen molar-refractivity contribution in [2.75, 3.05) is 33.8 Å². The zero-order chi connectivity index (χ0) is 28.9. The van der Waals surface area contributed by atoms with Crippen LogP contribution in [0.3, 0.4) is 0 Å². The van der Waals surface area contributed by atoms with Crippen molar-refractivity contribution in [3.63, 3.8) is 0 Å². The van der Waals surface area contributed by atoms with Gasteiger partial charge in [-0.1, -0.05) is 79.7 Å². The van der Waals surface area contributed by atoms with Gasteiger partial charge < -0.3 is 19.9 Å². The van der Waals surface area contributed by atoms with Crippen LogP contribution in [0.4, 0.5) is 4.79 Å². The Bertz CT molecular complexity index is 1350. The quantitative estimate of drug-likeness (QED) is 0.460. The van der Waals surface area contributed by atoms with Crippen molar-refractivity contribution in [1.29, 1.82) is 0 Å². The van der Waals surface area contributed by atoms with Gasteiger partial charge in [-0.15, -0.1) is 0 Å². The van der Waals surface area contributed by atoms with Gasteiger partial charge in [0.25, 0.3) is 0 Å². The van der Waals surface area contributed by atoms with E-state index >= 15 is 0 Å². The molecule has 3 atom stereocenters. The maximum absolute atomic E-state index is 14.0. The molecule has 3 aromatic carbocycles. The zero-order valence-electron chi connectivity index (χ0n) is 23.8. The van der Waals surface area contributed by atoms with E-state index < -0.39 is 12.2 Å². The van der Waals surface area contributed by atoms with Gasteiger partial charge >= 0.3 is 6.03 Å². The summed E-state index contributed by atoms with van der Waals surface area (Å²) in [4.78, 5) is 44.6. The van der Waals surface area contributed by atoms with Gasteiger partial charge in [-0.3, -0.25) is 9.59 Å². The van der Waals surface area contributed by atoms with Gasteiger partial charge in [0, 0.05) is 26.6 Å². The highest BCUT2D eigenvalue weighted by atomic mass is 16.5. The molecule has 5 rings (SSSR count). The van der Waals surface area contributed by atoms with Crippen LogP contribution < -0.4 is 10.1 Å². The highest BCUT2D eigenvalue weighted by Gasteiger charge is 2.50. The Labute approximate surface area is 241 Å². The number of carbonyl (C=O) groups is 3. The molecule has 9 heteroatoms. The molecule has 4 amide bonds. The van der Waals surface area contributed by atoms with Crippen LogP contribution in [-0.4, -0.2) is 83.7 Å². The lowest BCUT2D eigenvalue weighted by Crippen LogP contribution is -2.76. The smallest absolute Gasteiger partial charge is 0.334 e. The fourth-order valence-electron chi connectivity index (χ4n) is 5.73. The molecule has 2 fully saturated rings. The average Bonchev–Trinajstić information content (AvgIpc) is 2.99. The molecule has 41 heavy (non-hydrogen) atoms. The molecule has 214 valence electrons. The second-order valence-electron chi connectivity index (χ2n) is 10.7. The minimum atomic E-state index is -0.711. The van der Waals surface area contributed by atoms with Crippen LogP contribution in [0.15, 0.2) is 84.9 Å². The maximum Gasteiger partial charge on any atom is 0.334 e. The first-order valence-corrected chi connectivity index (χ1v) is 14.0. The monoisotopic (exact) mass is 555 g/mol. The molecule has 0 aliphatic carbocycles. The summed E-state index contributed by atoms with van der Waals surface area (Å²) < 4.78 is 5.23. The van der Waals surface area contributed by atoms with Crippen LogP contribution in [-0.2, 0) is 22.6 Å². The van der Waals surface area contributed by atoms with Crippen LogP contribution in [0, 0.1) is 0 Å². The number of benzene rings is 3. The maximum atomic E-state index is 14.0. The highest BCUT2D eigenvalue weighted by Crippen LogP contribution is 2.29. The summed E-state index contributed by atoms with van der Waals surface area (Å²) in [6.07, 6.45) is -0.255. The first kappa shape index (κ1) is 28.2. The number of piperazine rings is 1. The lowest BCUT2D eigenvalue weighted by Gasteiger charge is -2.54. The lowest BCUT2D eigenvalue weighted by atomic mass is 9.96. The summed E-state index contributed by atoms with van der Waals surface area (Å²) in [6, 6.07) is 26.3. The molecule has 3 aromatic rings. The largest absolute Gasteiger partial charge is 0.497 e. The number of ether oxygens (including phenoxy) is 1. The van der Waals surface area contributed by atoms with Crippen molar-refractivity contribution >= 4 is 17.8 Å². The number of rotatable bonds is 8. The van der Waals surface area contributed by atoms with Crippen LogP contribution in [0.25, 0.3) is 0 Å². The summed E-state index contributed by atoms with van der Waals surface area (Å²) >= 11 is 0. The molecule has 0 radical (unpaired) electrons. The van der Waals surface area contributed by atoms with Crippen molar-refractivity contribution in [3.05, 3.63) is 102 Å². The molecular formula is C32H37N5O4. The Balaban J connectivity index is 1.41. The Morgan fingerprint density at radius 3 is 2.27 bits per heavy atom. The van der Waals surface area contributed by atoms with E-state index in [0.29, 0.717) is 19.5 Å². The van der Waals surface area contributed by atoms with E-state index in [4.69, 9.17) is 4.74 Å². The third kappa shape index (κ3) is 6.20. The Kier molecular flexibility index (Phi) is 8.54. The predicted octanol–water partition coefficient (Wildman–Crippen LogP) is 3.48. The van der Waals surface area contributed by atoms with Crippen LogP contribution in [0.5, 0.6) is 5.75 Å². The molecule has 0 spiro atoms. The van der Waals surface area contributed by atoms with E-state index in [2.05, 4.69) is 24.4 Å². The minimum absolute atomic E-state index is 0.00540. The molecule has 0 bridgehead atoms. The fourth-order valence-corrected chi connectivity index (χ4v) is 5.73. The average molecular weight is 556 g/mol. The number of methoxy groups -OCH3 is 1. The fraction of sp³-hybridized carbons (Fsp3) is 0.344. The molecule has 2 saturated heterocycles. The van der Waals surface area contributed by atoms with Crippen molar-refractivity contribution in [3.8, 4) is 5.75 Å². The molecule has 1 N–H and O–H groups in total. The van der Waals surface area contributed by atoms with Gasteiger partial charge in [0.15, 0.2) is 0 Å². The van der Waals surface area contributed by atoms with Crippen molar-refractivity contribution in [2.24, 2.45) is 0 Å². The summed E-state index contributed by atoms with van der Waals surface area (Å²) in [6.45, 7) is 3.13. The van der Waals surface area contributed by atoms with E-state index in [1.165, 1.54) is 0 Å². The Morgan fingerprint density at radius 1 is 0.951 bits per heavy atom. The summed E-state index contributed by atoms with van der Waals surface area (Å²) in [5, 5.41) is 6.25. The van der Waals surface area contributed by atoms with E-state index in [9.17, 15) is 14.4 Å². The molecule has 0 aromatic heterocycles. The third-order valence-electron chi connectivity index (χ3n) is 7.89. The van der Waals surface area contributed by atoms with E-state index in [1.54, 1.807) is 29.1 Å². The van der Waals surface area contributed by atoms with Crippen molar-refractivity contribution in [1.82, 2.24) is 25.1 Å². The number of fused-ring (bicyclic) bond motifs is 1. The molecule has 2 heterocycles. The van der Waals surface area contributed by atoms with Gasteiger partial charge in [0.2, 0.25) is 11.8 Å². The SMILES string of the molecule is COc1ccc(CNC(=O)N2[C@H]3CN(CC(C)c4ccccc4)C(=O)[C@H](Cc4ccccc4)N3C(=O)CN2C)cc1. The first-order valence-electron chi connectivity index (χ1n) is 14.0. The predicted molar refractivity (Wildman–Crippen MR) is 156 cm³/mol. The molecular weight excluding hydrogens is 518 g/mol. The number of hydrazine groups is 1. The standard InChI is InChI=1S/C32H37N5O4/c1-23(26-12-8-5-9-13-26)20-35-21-29-36(28(31(35)39)18-24-10-6-4-7-11-24)30(38)22-34(2)37(29)32(40)33-19-25-14-16-27(41-3)17-15-25/h4-17,23,28-29H,18-22H2,1-3H3,(H,33,40)/t23?,28-,29-/m0/s1.